The summed E-state index contributed by atoms with van der Waals surface area (Å²) in [7, 11) is 0. The molecule has 1 aromatic heterocycles. The fraction of sp³-hybridized carbons (Fsp3) is 0.667. The summed E-state index contributed by atoms with van der Waals surface area (Å²) < 4.78 is 5.41. The summed E-state index contributed by atoms with van der Waals surface area (Å²) in [5.41, 5.74) is 5.37. The van der Waals surface area contributed by atoms with Gasteiger partial charge in [0.15, 0.2) is 5.89 Å². The zero-order chi connectivity index (χ0) is 9.52. The minimum Gasteiger partial charge on any atom is -0.446 e. The Kier molecular flexibility index (Phi) is 4.49. The molecule has 0 saturated carbocycles. The predicted octanol–water partition coefficient (Wildman–Crippen LogP) is 0.491. The van der Waals surface area contributed by atoms with E-state index in [1.807, 2.05) is 0 Å². The van der Waals surface area contributed by atoms with Crippen LogP contribution in [0.25, 0.3) is 0 Å². The molecule has 3 N–H and O–H groups in total. The molecule has 1 rings (SSSR count). The van der Waals surface area contributed by atoms with Crippen LogP contribution in [0.4, 0.5) is 0 Å². The van der Waals surface area contributed by atoms with Gasteiger partial charge < -0.3 is 15.3 Å². The lowest BCUT2D eigenvalue weighted by Crippen LogP contribution is -1.99. The Bertz CT molecular complexity index is 213. The normalized spacial score (nSPS) is 10.6. The first-order chi connectivity index (χ1) is 6.36. The van der Waals surface area contributed by atoms with E-state index in [0.717, 1.165) is 18.6 Å². The van der Waals surface area contributed by atoms with E-state index in [9.17, 15) is 0 Å². The van der Waals surface area contributed by atoms with Crippen molar-refractivity contribution in [3.05, 3.63) is 17.8 Å². The first kappa shape index (κ1) is 10.2. The number of hydrogen-bond donors (Lipinski definition) is 2. The highest BCUT2D eigenvalue weighted by Gasteiger charge is 2.02. The van der Waals surface area contributed by atoms with Gasteiger partial charge in [-0.2, -0.15) is 0 Å². The van der Waals surface area contributed by atoms with Gasteiger partial charge in [0.05, 0.1) is 6.20 Å². The number of aryl methyl sites for hydroxylation is 2. The molecule has 74 valence electrons. The van der Waals surface area contributed by atoms with Gasteiger partial charge in [0, 0.05) is 19.4 Å². The van der Waals surface area contributed by atoms with Crippen LogP contribution in [0.1, 0.15) is 24.5 Å². The fourth-order valence-electron chi connectivity index (χ4n) is 1.09. The first-order valence-electron chi connectivity index (χ1n) is 4.61. The van der Waals surface area contributed by atoms with E-state index in [2.05, 4.69) is 4.98 Å². The highest BCUT2D eigenvalue weighted by atomic mass is 16.4. The van der Waals surface area contributed by atoms with E-state index in [4.69, 9.17) is 15.3 Å². The van der Waals surface area contributed by atoms with Gasteiger partial charge >= 0.3 is 0 Å². The molecular formula is C9H16N2O2. The lowest BCUT2D eigenvalue weighted by atomic mass is 10.3. The summed E-state index contributed by atoms with van der Waals surface area (Å²) >= 11 is 0. The van der Waals surface area contributed by atoms with Crippen molar-refractivity contribution in [3.63, 3.8) is 0 Å². The van der Waals surface area contributed by atoms with Gasteiger partial charge in [0.2, 0.25) is 0 Å². The fourth-order valence-corrected chi connectivity index (χ4v) is 1.09. The maximum Gasteiger partial charge on any atom is 0.194 e. The van der Waals surface area contributed by atoms with Crippen molar-refractivity contribution >= 4 is 0 Å². The summed E-state index contributed by atoms with van der Waals surface area (Å²) in [6, 6.07) is 0. The number of rotatable bonds is 6. The average molecular weight is 184 g/mol. The first-order valence-corrected chi connectivity index (χ1v) is 4.61. The minimum atomic E-state index is 0.181. The second-order valence-corrected chi connectivity index (χ2v) is 2.94. The number of nitrogens with zero attached hydrogens (tertiary/aromatic N) is 1. The third-order valence-electron chi connectivity index (χ3n) is 1.78. The Hall–Kier alpha value is -0.870. The zero-order valence-corrected chi connectivity index (χ0v) is 7.70. The van der Waals surface area contributed by atoms with Crippen LogP contribution in [0, 0.1) is 0 Å². The Balaban J connectivity index is 2.34. The molecule has 13 heavy (non-hydrogen) atoms. The summed E-state index contributed by atoms with van der Waals surface area (Å²) in [4.78, 5) is 4.09. The van der Waals surface area contributed by atoms with Crippen LogP contribution < -0.4 is 5.73 Å². The van der Waals surface area contributed by atoms with Crippen LogP contribution in [0.5, 0.6) is 0 Å². The highest BCUT2D eigenvalue weighted by Crippen LogP contribution is 2.07. The molecule has 0 aliphatic rings. The van der Waals surface area contributed by atoms with Gasteiger partial charge in [-0.3, -0.25) is 0 Å². The van der Waals surface area contributed by atoms with Crippen molar-refractivity contribution in [1.82, 2.24) is 4.98 Å². The monoisotopic (exact) mass is 184 g/mol. The maximum atomic E-state index is 8.59. The largest absolute Gasteiger partial charge is 0.446 e. The van der Waals surface area contributed by atoms with Crippen LogP contribution in [-0.2, 0) is 12.8 Å². The molecule has 4 heteroatoms. The molecule has 1 heterocycles. The molecular weight excluding hydrogens is 168 g/mol. The van der Waals surface area contributed by atoms with E-state index in [1.165, 1.54) is 0 Å². The van der Waals surface area contributed by atoms with Crippen molar-refractivity contribution in [1.29, 1.82) is 0 Å². The van der Waals surface area contributed by atoms with Gasteiger partial charge in [0.1, 0.15) is 5.76 Å². The van der Waals surface area contributed by atoms with E-state index in [0.29, 0.717) is 25.3 Å². The molecule has 0 aromatic carbocycles. The van der Waals surface area contributed by atoms with Gasteiger partial charge in [-0.25, -0.2) is 4.98 Å². The van der Waals surface area contributed by atoms with Crippen LogP contribution in [-0.4, -0.2) is 23.2 Å². The average Bonchev–Trinajstić information content (AvgIpc) is 2.59. The van der Waals surface area contributed by atoms with Gasteiger partial charge in [-0.15, -0.1) is 0 Å². The second kappa shape index (κ2) is 5.72. The molecule has 0 aliphatic carbocycles. The van der Waals surface area contributed by atoms with Crippen molar-refractivity contribution < 1.29 is 9.52 Å². The molecule has 0 spiro atoms. The van der Waals surface area contributed by atoms with E-state index >= 15 is 0 Å². The van der Waals surface area contributed by atoms with E-state index in [1.54, 1.807) is 6.20 Å². The van der Waals surface area contributed by atoms with Crippen molar-refractivity contribution in [2.24, 2.45) is 5.73 Å². The molecule has 0 fully saturated rings. The molecule has 0 aliphatic heterocycles. The standard InChI is InChI=1S/C9H16N2O2/c10-5-1-3-8-7-11-9(13-8)4-2-6-12/h7,12H,1-6,10H2. The summed E-state index contributed by atoms with van der Waals surface area (Å²) in [5, 5.41) is 8.59. The lowest BCUT2D eigenvalue weighted by Gasteiger charge is -1.93. The number of hydrogen-bond acceptors (Lipinski definition) is 4. The van der Waals surface area contributed by atoms with Crippen molar-refractivity contribution in [2.45, 2.75) is 25.7 Å². The summed E-state index contributed by atoms with van der Waals surface area (Å²) in [6.07, 6.45) is 4.93. The Morgan fingerprint density at radius 2 is 2.23 bits per heavy atom. The van der Waals surface area contributed by atoms with E-state index < -0.39 is 0 Å². The molecule has 0 bridgehead atoms. The number of aliphatic hydroxyl groups is 1. The lowest BCUT2D eigenvalue weighted by molar-refractivity contribution is 0.282. The predicted molar refractivity (Wildman–Crippen MR) is 49.3 cm³/mol. The van der Waals surface area contributed by atoms with E-state index in [-0.39, 0.29) is 6.61 Å². The van der Waals surface area contributed by atoms with Gasteiger partial charge in [-0.05, 0) is 19.4 Å². The van der Waals surface area contributed by atoms with Crippen LogP contribution in [0.3, 0.4) is 0 Å². The molecule has 4 nitrogen and oxygen atoms in total. The topological polar surface area (TPSA) is 72.3 Å². The quantitative estimate of drug-likeness (QED) is 0.675. The second-order valence-electron chi connectivity index (χ2n) is 2.94. The van der Waals surface area contributed by atoms with Crippen LogP contribution >= 0.6 is 0 Å². The van der Waals surface area contributed by atoms with Crippen LogP contribution in [0.2, 0.25) is 0 Å². The summed E-state index contributed by atoms with van der Waals surface area (Å²) in [5.74, 6) is 1.60. The molecule has 1 aromatic rings. The Morgan fingerprint density at radius 3 is 2.92 bits per heavy atom. The van der Waals surface area contributed by atoms with Gasteiger partial charge in [0.25, 0.3) is 0 Å². The smallest absolute Gasteiger partial charge is 0.194 e. The zero-order valence-electron chi connectivity index (χ0n) is 7.70. The van der Waals surface area contributed by atoms with Crippen molar-refractivity contribution in [3.8, 4) is 0 Å². The minimum absolute atomic E-state index is 0.181. The molecule has 0 amide bonds. The molecule has 0 saturated heterocycles. The Morgan fingerprint density at radius 1 is 1.38 bits per heavy atom. The summed E-state index contributed by atoms with van der Waals surface area (Å²) in [6.45, 7) is 0.854. The number of aromatic nitrogens is 1. The SMILES string of the molecule is NCCCc1cnc(CCCO)o1. The third-order valence-corrected chi connectivity index (χ3v) is 1.78. The molecule has 0 atom stereocenters. The number of nitrogens with two attached hydrogens (primary N) is 1. The van der Waals surface area contributed by atoms with Crippen LogP contribution in [0.15, 0.2) is 10.6 Å². The number of oxazole rings is 1. The molecule has 0 unspecified atom stereocenters. The Labute approximate surface area is 77.8 Å². The third kappa shape index (κ3) is 3.57. The number of aliphatic hydroxyl groups excluding tert-OH is 1. The maximum absolute atomic E-state index is 8.59. The van der Waals surface area contributed by atoms with Gasteiger partial charge in [-0.1, -0.05) is 0 Å². The van der Waals surface area contributed by atoms with Crippen molar-refractivity contribution in [2.75, 3.05) is 13.2 Å². The molecule has 0 radical (unpaired) electrons. The highest BCUT2D eigenvalue weighted by molar-refractivity contribution is 4.94.